The van der Waals surface area contributed by atoms with Gasteiger partial charge in [-0.25, -0.2) is 0 Å². The van der Waals surface area contributed by atoms with Crippen molar-refractivity contribution in [3.8, 4) is 0 Å². The van der Waals surface area contributed by atoms with E-state index in [1.165, 1.54) is 0 Å². The van der Waals surface area contributed by atoms with Gasteiger partial charge in [0.05, 0.1) is 0 Å². The number of aliphatic hydroxyl groups excluding tert-OH is 1. The molecule has 0 aromatic heterocycles. The van der Waals surface area contributed by atoms with Gasteiger partial charge in [0.25, 0.3) is 5.91 Å². The molecule has 1 rings (SSSR count). The molecule has 0 aliphatic heterocycles. The van der Waals surface area contributed by atoms with Gasteiger partial charge in [0, 0.05) is 24.1 Å². The second-order valence-electron chi connectivity index (χ2n) is 4.87. The van der Waals surface area contributed by atoms with Crippen LogP contribution in [-0.2, 0) is 0 Å². The van der Waals surface area contributed by atoms with Crippen LogP contribution in [0.25, 0.3) is 0 Å². The fourth-order valence-electron chi connectivity index (χ4n) is 1.18. The highest BCUT2D eigenvalue weighted by Crippen LogP contribution is 2.11. The van der Waals surface area contributed by atoms with Crippen molar-refractivity contribution in [2.45, 2.75) is 20.8 Å². The Morgan fingerprint density at radius 3 is 2.38 bits per heavy atom. The Morgan fingerprint density at radius 2 is 1.88 bits per heavy atom. The molecule has 0 aliphatic rings. The molecular formula is C13H19NO2. The van der Waals surface area contributed by atoms with Gasteiger partial charge >= 0.3 is 0 Å². The zero-order chi connectivity index (χ0) is 12.2. The number of hydrogen-bond donors (Lipinski definition) is 2. The van der Waals surface area contributed by atoms with E-state index in [9.17, 15) is 4.79 Å². The molecule has 0 saturated carbocycles. The summed E-state index contributed by atoms with van der Waals surface area (Å²) in [6.07, 6.45) is 0. The molecule has 16 heavy (non-hydrogen) atoms. The minimum absolute atomic E-state index is 0.0567. The van der Waals surface area contributed by atoms with Crippen molar-refractivity contribution in [2.75, 3.05) is 13.2 Å². The average molecular weight is 221 g/mol. The lowest BCUT2D eigenvalue weighted by Gasteiger charge is -2.21. The fourth-order valence-corrected chi connectivity index (χ4v) is 1.18. The number of nitrogens with one attached hydrogen (secondary N) is 1. The van der Waals surface area contributed by atoms with E-state index in [2.05, 4.69) is 5.32 Å². The number of amides is 1. The van der Waals surface area contributed by atoms with Gasteiger partial charge in [-0.2, -0.15) is 0 Å². The Morgan fingerprint density at radius 1 is 1.31 bits per heavy atom. The second-order valence-corrected chi connectivity index (χ2v) is 4.87. The van der Waals surface area contributed by atoms with E-state index in [1.807, 2.05) is 32.9 Å². The highest BCUT2D eigenvalue weighted by molar-refractivity contribution is 5.94. The van der Waals surface area contributed by atoms with Crippen molar-refractivity contribution < 1.29 is 9.90 Å². The van der Waals surface area contributed by atoms with Crippen LogP contribution in [0.5, 0.6) is 0 Å². The Bertz CT molecular complexity index is 355. The highest BCUT2D eigenvalue weighted by Gasteiger charge is 2.17. The average Bonchev–Trinajstić information content (AvgIpc) is 2.27. The predicted molar refractivity (Wildman–Crippen MR) is 64.4 cm³/mol. The lowest BCUT2D eigenvalue weighted by Crippen LogP contribution is -2.36. The van der Waals surface area contributed by atoms with Crippen LogP contribution in [0.15, 0.2) is 24.3 Å². The first kappa shape index (κ1) is 12.7. The molecule has 1 amide bonds. The Labute approximate surface area is 96.5 Å². The first-order valence-electron chi connectivity index (χ1n) is 5.40. The SMILES string of the molecule is Cc1ccc(C(=O)NCC(C)(C)CO)cc1. The molecule has 0 heterocycles. The van der Waals surface area contributed by atoms with E-state index in [1.54, 1.807) is 12.1 Å². The number of carbonyl (C=O) groups excluding carboxylic acids is 1. The molecule has 0 aliphatic carbocycles. The van der Waals surface area contributed by atoms with Gasteiger partial charge in [-0.1, -0.05) is 31.5 Å². The van der Waals surface area contributed by atoms with Crippen molar-refractivity contribution >= 4 is 5.91 Å². The number of rotatable bonds is 4. The molecule has 3 nitrogen and oxygen atoms in total. The third-order valence-corrected chi connectivity index (χ3v) is 2.47. The maximum atomic E-state index is 11.7. The van der Waals surface area contributed by atoms with Gasteiger partial charge in [-0.3, -0.25) is 4.79 Å². The van der Waals surface area contributed by atoms with Crippen molar-refractivity contribution in [3.05, 3.63) is 35.4 Å². The summed E-state index contributed by atoms with van der Waals surface area (Å²) in [5, 5.41) is 11.9. The zero-order valence-corrected chi connectivity index (χ0v) is 10.1. The molecule has 0 fully saturated rings. The summed E-state index contributed by atoms with van der Waals surface area (Å²) in [5.41, 5.74) is 1.51. The van der Waals surface area contributed by atoms with E-state index >= 15 is 0 Å². The van der Waals surface area contributed by atoms with Crippen LogP contribution in [-0.4, -0.2) is 24.2 Å². The Hall–Kier alpha value is -1.35. The molecule has 88 valence electrons. The maximum Gasteiger partial charge on any atom is 0.251 e. The number of benzene rings is 1. The third-order valence-electron chi connectivity index (χ3n) is 2.47. The van der Waals surface area contributed by atoms with Crippen molar-refractivity contribution in [1.29, 1.82) is 0 Å². The minimum Gasteiger partial charge on any atom is -0.396 e. The maximum absolute atomic E-state index is 11.7. The summed E-state index contributed by atoms with van der Waals surface area (Å²) in [6, 6.07) is 7.42. The number of aryl methyl sites for hydroxylation is 1. The van der Waals surface area contributed by atoms with Crippen LogP contribution < -0.4 is 5.32 Å². The molecule has 1 aromatic carbocycles. The van der Waals surface area contributed by atoms with Gasteiger partial charge < -0.3 is 10.4 Å². The predicted octanol–water partition coefficient (Wildman–Crippen LogP) is 1.74. The van der Waals surface area contributed by atoms with E-state index in [0.717, 1.165) is 5.56 Å². The summed E-state index contributed by atoms with van der Waals surface area (Å²) in [5.74, 6) is -0.0958. The fraction of sp³-hybridized carbons (Fsp3) is 0.462. The van der Waals surface area contributed by atoms with Crippen molar-refractivity contribution in [1.82, 2.24) is 5.32 Å². The highest BCUT2D eigenvalue weighted by atomic mass is 16.3. The van der Waals surface area contributed by atoms with Crippen LogP contribution >= 0.6 is 0 Å². The lowest BCUT2D eigenvalue weighted by molar-refractivity contribution is 0.0911. The van der Waals surface area contributed by atoms with Gasteiger partial charge in [0.1, 0.15) is 0 Å². The van der Waals surface area contributed by atoms with Gasteiger partial charge in [0.2, 0.25) is 0 Å². The molecule has 3 heteroatoms. The number of aliphatic hydroxyl groups is 1. The van der Waals surface area contributed by atoms with E-state index in [0.29, 0.717) is 12.1 Å². The van der Waals surface area contributed by atoms with Gasteiger partial charge in [0.15, 0.2) is 0 Å². The standard InChI is InChI=1S/C13H19NO2/c1-10-4-6-11(7-5-10)12(16)14-8-13(2,3)9-15/h4-7,15H,8-9H2,1-3H3,(H,14,16). The van der Waals surface area contributed by atoms with E-state index in [-0.39, 0.29) is 17.9 Å². The van der Waals surface area contributed by atoms with Gasteiger partial charge in [-0.05, 0) is 19.1 Å². The van der Waals surface area contributed by atoms with Crippen molar-refractivity contribution in [2.24, 2.45) is 5.41 Å². The second kappa shape index (κ2) is 5.12. The monoisotopic (exact) mass is 221 g/mol. The summed E-state index contributed by atoms with van der Waals surface area (Å²) in [4.78, 5) is 11.7. The molecule has 0 unspecified atom stereocenters. The van der Waals surface area contributed by atoms with Crippen LogP contribution in [0.1, 0.15) is 29.8 Å². The minimum atomic E-state index is -0.277. The Kier molecular flexibility index (Phi) is 4.07. The molecule has 1 aromatic rings. The molecule has 0 atom stereocenters. The molecule has 0 bridgehead atoms. The third kappa shape index (κ3) is 3.66. The van der Waals surface area contributed by atoms with Gasteiger partial charge in [-0.15, -0.1) is 0 Å². The smallest absolute Gasteiger partial charge is 0.251 e. The molecule has 0 saturated heterocycles. The Balaban J connectivity index is 2.56. The zero-order valence-electron chi connectivity index (χ0n) is 10.1. The largest absolute Gasteiger partial charge is 0.396 e. The first-order valence-corrected chi connectivity index (χ1v) is 5.40. The summed E-state index contributed by atoms with van der Waals surface area (Å²) >= 11 is 0. The topological polar surface area (TPSA) is 49.3 Å². The molecule has 2 N–H and O–H groups in total. The summed E-state index contributed by atoms with van der Waals surface area (Å²) in [6.45, 7) is 6.32. The quantitative estimate of drug-likeness (QED) is 0.813. The van der Waals surface area contributed by atoms with E-state index < -0.39 is 0 Å². The van der Waals surface area contributed by atoms with Crippen LogP contribution in [0.2, 0.25) is 0 Å². The van der Waals surface area contributed by atoms with Crippen LogP contribution in [0.3, 0.4) is 0 Å². The van der Waals surface area contributed by atoms with E-state index in [4.69, 9.17) is 5.11 Å². The molecule has 0 radical (unpaired) electrons. The lowest BCUT2D eigenvalue weighted by atomic mass is 9.95. The number of carbonyl (C=O) groups is 1. The van der Waals surface area contributed by atoms with Crippen LogP contribution in [0, 0.1) is 12.3 Å². The molecule has 0 spiro atoms. The van der Waals surface area contributed by atoms with Crippen molar-refractivity contribution in [3.63, 3.8) is 0 Å². The normalized spacial score (nSPS) is 11.2. The number of hydrogen-bond acceptors (Lipinski definition) is 2. The molecular weight excluding hydrogens is 202 g/mol. The van der Waals surface area contributed by atoms with Crippen LogP contribution in [0.4, 0.5) is 0 Å². The summed E-state index contributed by atoms with van der Waals surface area (Å²) < 4.78 is 0. The first-order chi connectivity index (χ1) is 7.44. The summed E-state index contributed by atoms with van der Waals surface area (Å²) in [7, 11) is 0.